The minimum absolute atomic E-state index is 0.123. The standard InChI is InChI=1S/C17H15FO6/c1-21-15-8-11(17(20)22-2)6-7-14(15)24-16(19)10-23-13-5-3-4-12(18)9-13/h3-9H,10H2,1-2H3. The summed E-state index contributed by atoms with van der Waals surface area (Å²) in [7, 11) is 2.63. The van der Waals surface area contributed by atoms with Crippen LogP contribution in [0.4, 0.5) is 4.39 Å². The minimum atomic E-state index is -0.705. The summed E-state index contributed by atoms with van der Waals surface area (Å²) in [5.74, 6) is -1.19. The van der Waals surface area contributed by atoms with Crippen LogP contribution in [0.1, 0.15) is 10.4 Å². The van der Waals surface area contributed by atoms with Gasteiger partial charge in [-0.2, -0.15) is 0 Å². The van der Waals surface area contributed by atoms with Gasteiger partial charge in [-0.15, -0.1) is 0 Å². The van der Waals surface area contributed by atoms with Crippen LogP contribution in [0.3, 0.4) is 0 Å². The van der Waals surface area contributed by atoms with Gasteiger partial charge >= 0.3 is 11.9 Å². The Bertz CT molecular complexity index is 744. The molecule has 126 valence electrons. The summed E-state index contributed by atoms with van der Waals surface area (Å²) >= 11 is 0. The monoisotopic (exact) mass is 334 g/mol. The highest BCUT2D eigenvalue weighted by Crippen LogP contribution is 2.28. The van der Waals surface area contributed by atoms with Crippen molar-refractivity contribution in [3.8, 4) is 17.2 Å². The van der Waals surface area contributed by atoms with E-state index in [1.807, 2.05) is 0 Å². The molecule has 24 heavy (non-hydrogen) atoms. The number of halogens is 1. The van der Waals surface area contributed by atoms with Gasteiger partial charge in [0.1, 0.15) is 11.6 Å². The van der Waals surface area contributed by atoms with Gasteiger partial charge < -0.3 is 18.9 Å². The van der Waals surface area contributed by atoms with Crippen LogP contribution in [-0.2, 0) is 9.53 Å². The van der Waals surface area contributed by atoms with E-state index in [9.17, 15) is 14.0 Å². The molecule has 7 heteroatoms. The first-order valence-corrected chi connectivity index (χ1v) is 6.89. The molecule has 2 rings (SSSR count). The second kappa shape index (κ2) is 7.96. The number of methoxy groups -OCH3 is 2. The lowest BCUT2D eigenvalue weighted by molar-refractivity contribution is -0.136. The molecule has 0 atom stereocenters. The smallest absolute Gasteiger partial charge is 0.349 e. The third-order valence-corrected chi connectivity index (χ3v) is 2.96. The number of rotatable bonds is 6. The van der Waals surface area contributed by atoms with Crippen LogP contribution in [-0.4, -0.2) is 32.8 Å². The number of ether oxygens (including phenoxy) is 4. The first kappa shape index (κ1) is 17.3. The molecule has 0 aliphatic heterocycles. The molecule has 0 bridgehead atoms. The molecule has 2 aromatic carbocycles. The maximum Gasteiger partial charge on any atom is 0.349 e. The number of hydrogen-bond acceptors (Lipinski definition) is 6. The van der Waals surface area contributed by atoms with Gasteiger partial charge in [-0.25, -0.2) is 14.0 Å². The molecule has 0 spiro atoms. The molecule has 0 unspecified atom stereocenters. The highest BCUT2D eigenvalue weighted by atomic mass is 19.1. The van der Waals surface area contributed by atoms with Gasteiger partial charge in [-0.3, -0.25) is 0 Å². The van der Waals surface area contributed by atoms with Crippen LogP contribution < -0.4 is 14.2 Å². The van der Waals surface area contributed by atoms with Gasteiger partial charge in [0.25, 0.3) is 0 Å². The molecule has 0 aromatic heterocycles. The quantitative estimate of drug-likeness (QED) is 0.597. The van der Waals surface area contributed by atoms with Gasteiger partial charge in [-0.1, -0.05) is 6.07 Å². The van der Waals surface area contributed by atoms with Gasteiger partial charge in [0.05, 0.1) is 19.8 Å². The van der Waals surface area contributed by atoms with Crippen LogP contribution in [0.5, 0.6) is 17.2 Å². The summed E-state index contributed by atoms with van der Waals surface area (Å²) in [4.78, 5) is 23.3. The maximum atomic E-state index is 13.0. The number of carbonyl (C=O) groups excluding carboxylic acids is 2. The van der Waals surface area contributed by atoms with Gasteiger partial charge in [0, 0.05) is 6.07 Å². The zero-order valence-electron chi connectivity index (χ0n) is 13.1. The van der Waals surface area contributed by atoms with Crippen molar-refractivity contribution in [2.24, 2.45) is 0 Å². The van der Waals surface area contributed by atoms with Crippen molar-refractivity contribution in [2.75, 3.05) is 20.8 Å². The Labute approximate surface area is 137 Å². The molecular formula is C17H15FO6. The lowest BCUT2D eigenvalue weighted by atomic mass is 10.2. The van der Waals surface area contributed by atoms with Crippen LogP contribution in [0.25, 0.3) is 0 Å². The lowest BCUT2D eigenvalue weighted by Gasteiger charge is -2.11. The van der Waals surface area contributed by atoms with E-state index in [1.54, 1.807) is 0 Å². The normalized spacial score (nSPS) is 9.96. The molecule has 0 aliphatic rings. The lowest BCUT2D eigenvalue weighted by Crippen LogP contribution is -2.18. The van der Waals surface area contributed by atoms with E-state index in [2.05, 4.69) is 4.74 Å². The molecule has 6 nitrogen and oxygen atoms in total. The average molecular weight is 334 g/mol. The SMILES string of the molecule is COC(=O)c1ccc(OC(=O)COc2cccc(F)c2)c(OC)c1. The fourth-order valence-electron chi connectivity index (χ4n) is 1.85. The third-order valence-electron chi connectivity index (χ3n) is 2.96. The second-order valence-electron chi connectivity index (χ2n) is 4.58. The third kappa shape index (κ3) is 4.45. The van der Waals surface area contributed by atoms with E-state index < -0.39 is 24.4 Å². The zero-order valence-corrected chi connectivity index (χ0v) is 13.1. The van der Waals surface area contributed by atoms with Crippen LogP contribution >= 0.6 is 0 Å². The number of benzene rings is 2. The predicted molar refractivity (Wildman–Crippen MR) is 81.9 cm³/mol. The fraction of sp³-hybridized carbons (Fsp3) is 0.176. The van der Waals surface area contributed by atoms with E-state index >= 15 is 0 Å². The van der Waals surface area contributed by atoms with Crippen LogP contribution in [0.15, 0.2) is 42.5 Å². The van der Waals surface area contributed by atoms with Crippen molar-refractivity contribution in [2.45, 2.75) is 0 Å². The van der Waals surface area contributed by atoms with Crippen LogP contribution in [0.2, 0.25) is 0 Å². The Morgan fingerprint density at radius 1 is 1.04 bits per heavy atom. The number of hydrogen-bond donors (Lipinski definition) is 0. The van der Waals surface area contributed by atoms with Crippen LogP contribution in [0, 0.1) is 5.82 Å². The van der Waals surface area contributed by atoms with Crippen molar-refractivity contribution < 1.29 is 32.9 Å². The van der Waals surface area contributed by atoms with E-state index in [0.717, 1.165) is 6.07 Å². The Morgan fingerprint density at radius 2 is 1.83 bits per heavy atom. The largest absolute Gasteiger partial charge is 0.493 e. The van der Waals surface area contributed by atoms with Gasteiger partial charge in [0.2, 0.25) is 0 Å². The fourth-order valence-corrected chi connectivity index (χ4v) is 1.85. The molecule has 0 saturated carbocycles. The minimum Gasteiger partial charge on any atom is -0.493 e. The first-order valence-electron chi connectivity index (χ1n) is 6.89. The van der Waals surface area contributed by atoms with E-state index in [0.29, 0.717) is 0 Å². The zero-order chi connectivity index (χ0) is 17.5. The van der Waals surface area contributed by atoms with E-state index in [4.69, 9.17) is 14.2 Å². The highest BCUT2D eigenvalue weighted by Gasteiger charge is 2.14. The predicted octanol–water partition coefficient (Wildman–Crippen LogP) is 2.61. The summed E-state index contributed by atoms with van der Waals surface area (Å²) in [6, 6.07) is 9.63. The van der Waals surface area contributed by atoms with Gasteiger partial charge in [-0.05, 0) is 30.3 Å². The summed E-state index contributed by atoms with van der Waals surface area (Å²) in [5, 5.41) is 0. The topological polar surface area (TPSA) is 71.1 Å². The van der Waals surface area contributed by atoms with Crippen molar-refractivity contribution in [1.29, 1.82) is 0 Å². The molecule has 0 N–H and O–H groups in total. The van der Waals surface area contributed by atoms with Crippen molar-refractivity contribution in [3.63, 3.8) is 0 Å². The number of esters is 2. The summed E-state index contributed by atoms with van der Waals surface area (Å²) in [6.07, 6.45) is 0. The van der Waals surface area contributed by atoms with Crippen molar-refractivity contribution in [3.05, 3.63) is 53.8 Å². The summed E-state index contributed by atoms with van der Waals surface area (Å²) in [5.41, 5.74) is 0.255. The molecule has 0 heterocycles. The van der Waals surface area contributed by atoms with Crippen molar-refractivity contribution in [1.82, 2.24) is 0 Å². The average Bonchev–Trinajstić information content (AvgIpc) is 2.59. The molecule has 0 radical (unpaired) electrons. The van der Waals surface area contributed by atoms with Gasteiger partial charge in [0.15, 0.2) is 18.1 Å². The Balaban J connectivity index is 2.01. The molecule has 2 aromatic rings. The first-order chi connectivity index (χ1) is 11.5. The maximum absolute atomic E-state index is 13.0. The number of carbonyl (C=O) groups is 2. The molecule has 0 amide bonds. The second-order valence-corrected chi connectivity index (χ2v) is 4.58. The Kier molecular flexibility index (Phi) is 5.73. The Morgan fingerprint density at radius 3 is 2.50 bits per heavy atom. The van der Waals surface area contributed by atoms with E-state index in [-0.39, 0.29) is 22.8 Å². The van der Waals surface area contributed by atoms with Crippen molar-refractivity contribution >= 4 is 11.9 Å². The molecular weight excluding hydrogens is 319 g/mol. The Hall–Kier alpha value is -3.09. The van der Waals surface area contributed by atoms with E-state index in [1.165, 1.54) is 50.6 Å². The molecule has 0 saturated heterocycles. The summed E-state index contributed by atoms with van der Waals surface area (Å²) < 4.78 is 33.0. The highest BCUT2D eigenvalue weighted by molar-refractivity contribution is 5.90. The summed E-state index contributed by atoms with van der Waals surface area (Å²) in [6.45, 7) is -0.411. The molecule has 0 aliphatic carbocycles. The molecule has 0 fully saturated rings.